The fraction of sp³-hybridized carbons (Fsp3) is 0.571. The lowest BCUT2D eigenvalue weighted by molar-refractivity contribution is -0.116. The Morgan fingerprint density at radius 3 is 2.30 bits per heavy atom. The van der Waals surface area contributed by atoms with Gasteiger partial charge in [-0.3, -0.25) is 4.79 Å². The molecule has 0 aromatic heterocycles. The van der Waals surface area contributed by atoms with Crippen LogP contribution < -0.4 is 5.32 Å². The van der Waals surface area contributed by atoms with Crippen LogP contribution in [0.25, 0.3) is 0 Å². The number of hydrogen-bond donors (Lipinski definition) is 1. The molecule has 1 N–H and O–H groups in total. The van der Waals surface area contributed by atoms with E-state index in [0.29, 0.717) is 0 Å². The molecule has 58 valence electrons. The van der Waals surface area contributed by atoms with Crippen LogP contribution in [0.3, 0.4) is 0 Å². The van der Waals surface area contributed by atoms with Crippen LogP contribution in [0.4, 0.5) is 0 Å². The average Bonchev–Trinajstić information content (AvgIpc) is 1.87. The molecule has 0 fully saturated rings. The Balaban J connectivity index is 4.03. The summed E-state index contributed by atoms with van der Waals surface area (Å²) in [6, 6.07) is 0. The first kappa shape index (κ1) is 9.01. The predicted octanol–water partition coefficient (Wildman–Crippen LogP) is 0.198. The number of carbonyl (C=O) groups is 1. The van der Waals surface area contributed by atoms with Crippen molar-refractivity contribution in [3.8, 4) is 0 Å². The minimum atomic E-state index is -0.0637. The number of likely N-dealkylation sites (N-methyl/N-ethyl adjacent to an activating group) is 1. The molecule has 0 saturated carbocycles. The molecule has 3 nitrogen and oxygen atoms in total. The summed E-state index contributed by atoms with van der Waals surface area (Å²) in [6.45, 7) is 1.88. The average molecular weight is 142 g/mol. The van der Waals surface area contributed by atoms with Gasteiger partial charge in [0.2, 0.25) is 5.91 Å². The highest BCUT2D eigenvalue weighted by Gasteiger charge is 1.94. The molecular weight excluding hydrogens is 128 g/mol. The number of nitrogens with zero attached hydrogens (tertiary/aromatic N) is 1. The van der Waals surface area contributed by atoms with Gasteiger partial charge >= 0.3 is 0 Å². The highest BCUT2D eigenvalue weighted by atomic mass is 16.1. The number of hydrogen-bond acceptors (Lipinski definition) is 2. The highest BCUT2D eigenvalue weighted by molar-refractivity contribution is 5.87. The largest absolute Gasteiger partial charge is 0.381 e. The molecule has 0 bridgehead atoms. The first-order valence-corrected chi connectivity index (χ1v) is 3.15. The van der Waals surface area contributed by atoms with Gasteiger partial charge in [-0.1, -0.05) is 0 Å². The number of rotatable bonds is 2. The zero-order chi connectivity index (χ0) is 8.15. The molecule has 0 heterocycles. The van der Waals surface area contributed by atoms with Crippen LogP contribution in [0.15, 0.2) is 11.8 Å². The summed E-state index contributed by atoms with van der Waals surface area (Å²) in [7, 11) is 5.41. The minimum Gasteiger partial charge on any atom is -0.381 e. The summed E-state index contributed by atoms with van der Waals surface area (Å²) in [5, 5.41) is 2.51. The van der Waals surface area contributed by atoms with Crippen molar-refractivity contribution in [2.75, 3.05) is 21.1 Å². The number of amides is 1. The van der Waals surface area contributed by atoms with Gasteiger partial charge < -0.3 is 10.2 Å². The van der Waals surface area contributed by atoms with Gasteiger partial charge in [0.25, 0.3) is 0 Å². The lowest BCUT2D eigenvalue weighted by atomic mass is 10.4. The van der Waals surface area contributed by atoms with Crippen LogP contribution in [-0.4, -0.2) is 32.0 Å². The number of allylic oxidation sites excluding steroid dienone is 1. The van der Waals surface area contributed by atoms with Crippen LogP contribution in [0, 0.1) is 0 Å². The molecule has 0 radical (unpaired) electrons. The predicted molar refractivity (Wildman–Crippen MR) is 41.5 cm³/mol. The maximum absolute atomic E-state index is 10.7. The third-order valence-corrected chi connectivity index (χ3v) is 1.29. The van der Waals surface area contributed by atoms with Gasteiger partial charge in [-0.15, -0.1) is 0 Å². The zero-order valence-corrected chi connectivity index (χ0v) is 6.93. The normalized spacial score (nSPS) is 11.0. The van der Waals surface area contributed by atoms with E-state index in [1.807, 2.05) is 25.9 Å². The Hall–Kier alpha value is -0.990. The molecule has 0 aromatic carbocycles. The summed E-state index contributed by atoms with van der Waals surface area (Å²) in [5.74, 6) is -0.0637. The number of nitrogens with one attached hydrogen (secondary N) is 1. The summed E-state index contributed by atoms with van der Waals surface area (Å²) >= 11 is 0. The van der Waals surface area contributed by atoms with Gasteiger partial charge in [-0.25, -0.2) is 0 Å². The van der Waals surface area contributed by atoms with Gasteiger partial charge in [0, 0.05) is 32.9 Å². The minimum absolute atomic E-state index is 0.0637. The molecule has 0 atom stereocenters. The summed E-state index contributed by atoms with van der Waals surface area (Å²) < 4.78 is 0. The first-order chi connectivity index (χ1) is 4.57. The van der Waals surface area contributed by atoms with Gasteiger partial charge in [0.1, 0.15) is 0 Å². The van der Waals surface area contributed by atoms with Crippen molar-refractivity contribution in [3.05, 3.63) is 11.8 Å². The molecule has 0 aliphatic heterocycles. The summed E-state index contributed by atoms with van der Waals surface area (Å²) in [6.07, 6.45) is 1.56. The molecule has 10 heavy (non-hydrogen) atoms. The van der Waals surface area contributed by atoms with Crippen molar-refractivity contribution < 1.29 is 4.79 Å². The Kier molecular flexibility index (Phi) is 3.54. The number of carbonyl (C=O) groups excluding carboxylic acids is 1. The van der Waals surface area contributed by atoms with Crippen molar-refractivity contribution in [1.82, 2.24) is 10.2 Å². The van der Waals surface area contributed by atoms with Gasteiger partial charge in [-0.05, 0) is 6.92 Å². The van der Waals surface area contributed by atoms with Crippen LogP contribution in [0.2, 0.25) is 0 Å². The molecule has 0 saturated heterocycles. The third kappa shape index (κ3) is 3.12. The van der Waals surface area contributed by atoms with Crippen molar-refractivity contribution in [2.24, 2.45) is 0 Å². The van der Waals surface area contributed by atoms with Crippen molar-refractivity contribution in [2.45, 2.75) is 6.92 Å². The fourth-order valence-corrected chi connectivity index (χ4v) is 0.391. The second-order valence-electron chi connectivity index (χ2n) is 2.29. The lowest BCUT2D eigenvalue weighted by Gasteiger charge is -2.11. The van der Waals surface area contributed by atoms with E-state index >= 15 is 0 Å². The standard InChI is InChI=1S/C7H14N2O/c1-6(9(3)4)5-7(10)8-2/h5H,1-4H3,(H,8,10)/b6-5-. The molecule has 3 heteroatoms. The SMILES string of the molecule is CNC(=O)/C=C(/C)N(C)C. The fourth-order valence-electron chi connectivity index (χ4n) is 0.391. The Labute approximate surface area is 61.7 Å². The monoisotopic (exact) mass is 142 g/mol. The van der Waals surface area contributed by atoms with E-state index < -0.39 is 0 Å². The van der Waals surface area contributed by atoms with Crippen LogP contribution in [0.5, 0.6) is 0 Å². The molecule has 1 amide bonds. The molecule has 0 aliphatic carbocycles. The van der Waals surface area contributed by atoms with Crippen LogP contribution in [-0.2, 0) is 4.79 Å². The molecule has 0 spiro atoms. The van der Waals surface area contributed by atoms with E-state index in [9.17, 15) is 4.79 Å². The molecule has 0 rings (SSSR count). The van der Waals surface area contributed by atoms with E-state index in [1.54, 1.807) is 13.1 Å². The topological polar surface area (TPSA) is 32.3 Å². The smallest absolute Gasteiger partial charge is 0.245 e. The van der Waals surface area contributed by atoms with Gasteiger partial charge in [0.15, 0.2) is 0 Å². The highest BCUT2D eigenvalue weighted by Crippen LogP contribution is 1.93. The Morgan fingerprint density at radius 2 is 2.00 bits per heavy atom. The first-order valence-electron chi connectivity index (χ1n) is 3.15. The van der Waals surface area contributed by atoms with Gasteiger partial charge in [-0.2, -0.15) is 0 Å². The molecule has 0 aliphatic rings. The summed E-state index contributed by atoms with van der Waals surface area (Å²) in [4.78, 5) is 12.6. The Bertz CT molecular complexity index is 150. The lowest BCUT2D eigenvalue weighted by Crippen LogP contribution is -2.18. The van der Waals surface area contributed by atoms with E-state index in [-0.39, 0.29) is 5.91 Å². The van der Waals surface area contributed by atoms with Crippen LogP contribution >= 0.6 is 0 Å². The van der Waals surface area contributed by atoms with Crippen molar-refractivity contribution in [3.63, 3.8) is 0 Å². The molecule has 0 aromatic rings. The maximum atomic E-state index is 10.7. The van der Waals surface area contributed by atoms with Crippen molar-refractivity contribution in [1.29, 1.82) is 0 Å². The van der Waals surface area contributed by atoms with E-state index in [1.165, 1.54) is 0 Å². The Morgan fingerprint density at radius 1 is 1.50 bits per heavy atom. The molecular formula is C7H14N2O. The van der Waals surface area contributed by atoms with E-state index in [4.69, 9.17) is 0 Å². The van der Waals surface area contributed by atoms with Crippen molar-refractivity contribution >= 4 is 5.91 Å². The zero-order valence-electron chi connectivity index (χ0n) is 6.93. The third-order valence-electron chi connectivity index (χ3n) is 1.29. The second-order valence-corrected chi connectivity index (χ2v) is 2.29. The van der Waals surface area contributed by atoms with E-state index in [0.717, 1.165) is 5.70 Å². The van der Waals surface area contributed by atoms with Gasteiger partial charge in [0.05, 0.1) is 0 Å². The maximum Gasteiger partial charge on any atom is 0.245 e. The second kappa shape index (κ2) is 3.93. The van der Waals surface area contributed by atoms with E-state index in [2.05, 4.69) is 5.32 Å². The van der Waals surface area contributed by atoms with Crippen LogP contribution in [0.1, 0.15) is 6.92 Å². The summed E-state index contributed by atoms with van der Waals surface area (Å²) in [5.41, 5.74) is 0.944. The molecule has 0 unspecified atom stereocenters. The quantitative estimate of drug-likeness (QED) is 0.558.